The molecular formula is C14H16N4O. The van der Waals surface area contributed by atoms with Crippen LogP contribution in [0.15, 0.2) is 42.4 Å². The van der Waals surface area contributed by atoms with Crippen LogP contribution in [0.5, 0.6) is 0 Å². The Morgan fingerprint density at radius 1 is 1.21 bits per heavy atom. The molecule has 1 aromatic carbocycles. The highest BCUT2D eigenvalue weighted by atomic mass is 16.5. The molecule has 0 bridgehead atoms. The van der Waals surface area contributed by atoms with Gasteiger partial charge in [-0.2, -0.15) is 0 Å². The first-order chi connectivity index (χ1) is 9.38. The number of aromatic nitrogens is 2. The molecule has 3 rings (SSSR count). The monoisotopic (exact) mass is 256 g/mol. The zero-order valence-corrected chi connectivity index (χ0v) is 10.5. The fourth-order valence-electron chi connectivity index (χ4n) is 2.28. The van der Waals surface area contributed by atoms with Crippen molar-refractivity contribution < 1.29 is 4.74 Å². The largest absolute Gasteiger partial charge is 0.496 e. The van der Waals surface area contributed by atoms with E-state index in [1.807, 2.05) is 18.2 Å². The number of hydrogen-bond acceptors (Lipinski definition) is 5. The Labute approximate surface area is 111 Å². The molecule has 3 N–H and O–H groups in total. The van der Waals surface area contributed by atoms with Crippen LogP contribution in [0.4, 0.5) is 0 Å². The summed E-state index contributed by atoms with van der Waals surface area (Å²) in [6.07, 6.45) is 7.56. The molecule has 19 heavy (non-hydrogen) atoms. The zero-order valence-electron chi connectivity index (χ0n) is 10.5. The average Bonchev–Trinajstić information content (AvgIpc) is 2.49. The maximum absolute atomic E-state index is 5.68. The quantitative estimate of drug-likeness (QED) is 0.647. The van der Waals surface area contributed by atoms with Crippen molar-refractivity contribution >= 4 is 11.0 Å². The van der Waals surface area contributed by atoms with Gasteiger partial charge in [-0.3, -0.25) is 15.8 Å². The zero-order chi connectivity index (χ0) is 13.1. The SMILES string of the molecule is NNC(C1=CCCCO1)c1ccc2nccnc2c1. The molecule has 2 aromatic rings. The molecule has 1 aromatic heterocycles. The third-order valence-corrected chi connectivity index (χ3v) is 3.24. The standard InChI is InChI=1S/C14H16N4O/c15-18-14(13-3-1-2-8-19-13)10-4-5-11-12(9-10)17-7-6-16-11/h3-7,9,14,18H,1-2,8,15H2. The lowest BCUT2D eigenvalue weighted by Crippen LogP contribution is -2.31. The number of allylic oxidation sites excluding steroid dienone is 1. The van der Waals surface area contributed by atoms with Gasteiger partial charge in [0.25, 0.3) is 0 Å². The van der Waals surface area contributed by atoms with Crippen molar-refractivity contribution in [3.05, 3.63) is 48.0 Å². The molecule has 1 aliphatic rings. The average molecular weight is 256 g/mol. The van der Waals surface area contributed by atoms with Gasteiger partial charge in [0.05, 0.1) is 17.6 Å². The molecule has 2 heterocycles. The van der Waals surface area contributed by atoms with Gasteiger partial charge in [0.1, 0.15) is 11.8 Å². The number of hydrogen-bond donors (Lipinski definition) is 2. The van der Waals surface area contributed by atoms with Gasteiger partial charge in [-0.25, -0.2) is 5.43 Å². The van der Waals surface area contributed by atoms with E-state index in [2.05, 4.69) is 21.5 Å². The van der Waals surface area contributed by atoms with Crippen LogP contribution in [-0.2, 0) is 4.74 Å². The predicted octanol–water partition coefficient (Wildman–Crippen LogP) is 1.83. The first-order valence-corrected chi connectivity index (χ1v) is 6.38. The molecule has 0 saturated heterocycles. The van der Waals surface area contributed by atoms with Crippen molar-refractivity contribution in [1.82, 2.24) is 15.4 Å². The lowest BCUT2D eigenvalue weighted by Gasteiger charge is -2.23. The minimum atomic E-state index is -0.133. The predicted molar refractivity (Wildman–Crippen MR) is 72.9 cm³/mol. The lowest BCUT2D eigenvalue weighted by atomic mass is 10.0. The fourth-order valence-corrected chi connectivity index (χ4v) is 2.28. The van der Waals surface area contributed by atoms with Gasteiger partial charge in [-0.1, -0.05) is 6.07 Å². The minimum absolute atomic E-state index is 0.133. The Morgan fingerprint density at radius 2 is 2.05 bits per heavy atom. The maximum Gasteiger partial charge on any atom is 0.115 e. The van der Waals surface area contributed by atoms with E-state index in [1.54, 1.807) is 12.4 Å². The number of benzene rings is 1. The molecule has 98 valence electrons. The van der Waals surface area contributed by atoms with Gasteiger partial charge in [-0.05, 0) is 36.6 Å². The van der Waals surface area contributed by atoms with Crippen molar-refractivity contribution in [3.63, 3.8) is 0 Å². The van der Waals surface area contributed by atoms with E-state index in [9.17, 15) is 0 Å². The van der Waals surface area contributed by atoms with E-state index in [4.69, 9.17) is 10.6 Å². The van der Waals surface area contributed by atoms with Gasteiger partial charge in [0.2, 0.25) is 0 Å². The van der Waals surface area contributed by atoms with Crippen molar-refractivity contribution in [2.45, 2.75) is 18.9 Å². The third kappa shape index (κ3) is 2.43. The highest BCUT2D eigenvalue weighted by Gasteiger charge is 2.19. The normalized spacial score (nSPS) is 16.8. The maximum atomic E-state index is 5.68. The van der Waals surface area contributed by atoms with Crippen molar-refractivity contribution in [2.24, 2.45) is 5.84 Å². The van der Waals surface area contributed by atoms with E-state index in [1.165, 1.54) is 0 Å². The summed E-state index contributed by atoms with van der Waals surface area (Å²) in [6.45, 7) is 0.747. The highest BCUT2D eigenvalue weighted by Crippen LogP contribution is 2.26. The molecule has 5 heteroatoms. The Hall–Kier alpha value is -1.98. The molecule has 0 aliphatic carbocycles. The van der Waals surface area contributed by atoms with Crippen LogP contribution >= 0.6 is 0 Å². The minimum Gasteiger partial charge on any atom is -0.496 e. The second-order valence-corrected chi connectivity index (χ2v) is 4.50. The van der Waals surface area contributed by atoms with Crippen molar-refractivity contribution in [3.8, 4) is 0 Å². The van der Waals surface area contributed by atoms with Crippen molar-refractivity contribution in [2.75, 3.05) is 6.61 Å². The van der Waals surface area contributed by atoms with Crippen LogP contribution < -0.4 is 11.3 Å². The van der Waals surface area contributed by atoms with Crippen molar-refractivity contribution in [1.29, 1.82) is 0 Å². The number of nitrogens with zero attached hydrogens (tertiary/aromatic N) is 2. The summed E-state index contributed by atoms with van der Waals surface area (Å²) in [5, 5.41) is 0. The summed E-state index contributed by atoms with van der Waals surface area (Å²) in [5.41, 5.74) is 5.58. The number of rotatable bonds is 3. The topological polar surface area (TPSA) is 73.1 Å². The summed E-state index contributed by atoms with van der Waals surface area (Å²) in [6, 6.07) is 5.81. The molecule has 5 nitrogen and oxygen atoms in total. The first kappa shape index (κ1) is 12.1. The molecule has 1 unspecified atom stereocenters. The second-order valence-electron chi connectivity index (χ2n) is 4.50. The molecule has 0 fully saturated rings. The van der Waals surface area contributed by atoms with Gasteiger partial charge in [0, 0.05) is 12.4 Å². The summed E-state index contributed by atoms with van der Waals surface area (Å²) in [7, 11) is 0. The number of nitrogens with one attached hydrogen (secondary N) is 1. The highest BCUT2D eigenvalue weighted by molar-refractivity contribution is 5.74. The third-order valence-electron chi connectivity index (χ3n) is 3.24. The van der Waals surface area contributed by atoms with Crippen LogP contribution in [0, 0.1) is 0 Å². The Kier molecular flexibility index (Phi) is 3.39. The summed E-state index contributed by atoms with van der Waals surface area (Å²) in [4.78, 5) is 8.57. The van der Waals surface area contributed by atoms with Crippen LogP contribution in [0.2, 0.25) is 0 Å². The Morgan fingerprint density at radius 3 is 2.79 bits per heavy atom. The molecule has 1 atom stereocenters. The van der Waals surface area contributed by atoms with Crippen LogP contribution in [0.25, 0.3) is 11.0 Å². The number of nitrogens with two attached hydrogens (primary N) is 1. The van der Waals surface area contributed by atoms with E-state index < -0.39 is 0 Å². The Bertz CT molecular complexity index is 611. The molecular weight excluding hydrogens is 240 g/mol. The van der Waals surface area contributed by atoms with E-state index in [0.717, 1.165) is 41.8 Å². The van der Waals surface area contributed by atoms with Gasteiger partial charge >= 0.3 is 0 Å². The smallest absolute Gasteiger partial charge is 0.115 e. The van der Waals surface area contributed by atoms with E-state index >= 15 is 0 Å². The van der Waals surface area contributed by atoms with Gasteiger partial charge < -0.3 is 4.74 Å². The number of hydrazine groups is 1. The van der Waals surface area contributed by atoms with Crippen LogP contribution in [0.3, 0.4) is 0 Å². The van der Waals surface area contributed by atoms with Gasteiger partial charge in [-0.15, -0.1) is 0 Å². The van der Waals surface area contributed by atoms with Gasteiger partial charge in [0.15, 0.2) is 0 Å². The van der Waals surface area contributed by atoms with E-state index in [-0.39, 0.29) is 6.04 Å². The number of ether oxygens (including phenoxy) is 1. The number of fused-ring (bicyclic) bond motifs is 1. The Balaban J connectivity index is 1.98. The van der Waals surface area contributed by atoms with Crippen LogP contribution in [-0.4, -0.2) is 16.6 Å². The second kappa shape index (κ2) is 5.34. The summed E-state index contributed by atoms with van der Waals surface area (Å²) in [5.74, 6) is 6.56. The fraction of sp³-hybridized carbons (Fsp3) is 0.286. The molecule has 1 aliphatic heterocycles. The molecule has 0 radical (unpaired) electrons. The molecule has 0 saturated carbocycles. The van der Waals surface area contributed by atoms with Crippen LogP contribution in [0.1, 0.15) is 24.4 Å². The summed E-state index contributed by atoms with van der Waals surface area (Å²) < 4.78 is 5.68. The lowest BCUT2D eigenvalue weighted by molar-refractivity contribution is 0.168. The molecule has 0 spiro atoms. The summed E-state index contributed by atoms with van der Waals surface area (Å²) >= 11 is 0. The molecule has 0 amide bonds. The van der Waals surface area contributed by atoms with E-state index in [0.29, 0.717) is 0 Å². The first-order valence-electron chi connectivity index (χ1n) is 6.38.